The van der Waals surface area contributed by atoms with Crippen LogP contribution in [0.1, 0.15) is 29.1 Å². The zero-order valence-corrected chi connectivity index (χ0v) is 21.5. The number of anilines is 1. The van der Waals surface area contributed by atoms with Crippen LogP contribution in [0.3, 0.4) is 0 Å². The molecule has 35 heavy (non-hydrogen) atoms. The number of nitrogens with one attached hydrogen (secondary N) is 1. The average molecular weight is 505 g/mol. The van der Waals surface area contributed by atoms with E-state index in [1.54, 1.807) is 27.7 Å². The fraction of sp³-hybridized carbons (Fsp3) is 0.296. The molecule has 0 saturated carbocycles. The van der Waals surface area contributed by atoms with Gasteiger partial charge in [-0.15, -0.1) is 11.3 Å². The van der Waals surface area contributed by atoms with Gasteiger partial charge in [0.2, 0.25) is 5.91 Å². The Labute approximate surface area is 213 Å². The molecule has 0 atom stereocenters. The third-order valence-electron chi connectivity index (χ3n) is 6.05. The SMILES string of the molecule is CN(C)Cc1nc2sc3c(c2c(=O)n1CC(=O)Nc1ccccc1Sc1ccccc1)CCCC3. The lowest BCUT2D eigenvalue weighted by Crippen LogP contribution is -2.33. The summed E-state index contributed by atoms with van der Waals surface area (Å²) < 4.78 is 1.56. The number of rotatable bonds is 7. The number of para-hydroxylation sites is 1. The average Bonchev–Trinajstić information content (AvgIpc) is 3.21. The second-order valence-corrected chi connectivity index (χ2v) is 11.2. The second-order valence-electron chi connectivity index (χ2n) is 9.01. The molecule has 1 aliphatic carbocycles. The van der Waals surface area contributed by atoms with Crippen LogP contribution >= 0.6 is 23.1 Å². The molecule has 2 aromatic carbocycles. The van der Waals surface area contributed by atoms with Crippen LogP contribution < -0.4 is 10.9 Å². The summed E-state index contributed by atoms with van der Waals surface area (Å²) >= 11 is 3.24. The smallest absolute Gasteiger partial charge is 0.263 e. The van der Waals surface area contributed by atoms with Crippen LogP contribution in [-0.2, 0) is 30.7 Å². The fourth-order valence-corrected chi connectivity index (χ4v) is 6.65. The maximum absolute atomic E-state index is 13.7. The van der Waals surface area contributed by atoms with Crippen LogP contribution in [0.2, 0.25) is 0 Å². The molecule has 0 spiro atoms. The second kappa shape index (κ2) is 10.4. The van der Waals surface area contributed by atoms with Gasteiger partial charge in [0.15, 0.2) is 0 Å². The van der Waals surface area contributed by atoms with Gasteiger partial charge in [-0.1, -0.05) is 42.1 Å². The first kappa shape index (κ1) is 23.8. The summed E-state index contributed by atoms with van der Waals surface area (Å²) in [5, 5.41) is 3.74. The highest BCUT2D eigenvalue weighted by Gasteiger charge is 2.23. The molecule has 5 rings (SSSR count). The number of hydrogen-bond donors (Lipinski definition) is 1. The molecule has 180 valence electrons. The first-order chi connectivity index (χ1) is 17.0. The molecule has 1 N–H and O–H groups in total. The van der Waals surface area contributed by atoms with Crippen LogP contribution in [-0.4, -0.2) is 34.5 Å². The zero-order chi connectivity index (χ0) is 24.4. The van der Waals surface area contributed by atoms with E-state index in [0.29, 0.717) is 17.8 Å². The van der Waals surface area contributed by atoms with Gasteiger partial charge in [-0.05, 0) is 69.6 Å². The zero-order valence-electron chi connectivity index (χ0n) is 19.9. The van der Waals surface area contributed by atoms with Crippen molar-refractivity contribution in [3.63, 3.8) is 0 Å². The quantitative estimate of drug-likeness (QED) is 0.375. The molecule has 8 heteroatoms. The number of benzene rings is 2. The van der Waals surface area contributed by atoms with E-state index in [2.05, 4.69) is 5.32 Å². The number of aryl methyl sites for hydroxylation is 2. The highest BCUT2D eigenvalue weighted by atomic mass is 32.2. The number of hydrogen-bond acceptors (Lipinski definition) is 6. The van der Waals surface area contributed by atoms with E-state index < -0.39 is 0 Å². The van der Waals surface area contributed by atoms with Gasteiger partial charge in [-0.2, -0.15) is 0 Å². The molecular weight excluding hydrogens is 476 g/mol. The first-order valence-electron chi connectivity index (χ1n) is 11.8. The van der Waals surface area contributed by atoms with Crippen molar-refractivity contribution in [2.24, 2.45) is 0 Å². The van der Waals surface area contributed by atoms with Crippen LogP contribution in [0.5, 0.6) is 0 Å². The largest absolute Gasteiger partial charge is 0.323 e. The summed E-state index contributed by atoms with van der Waals surface area (Å²) in [6.07, 6.45) is 4.17. The Morgan fingerprint density at radius 1 is 1.09 bits per heavy atom. The van der Waals surface area contributed by atoms with Crippen molar-refractivity contribution in [2.75, 3.05) is 19.4 Å². The Balaban J connectivity index is 1.46. The van der Waals surface area contributed by atoms with Crippen LogP contribution in [0, 0.1) is 0 Å². The topological polar surface area (TPSA) is 67.2 Å². The van der Waals surface area contributed by atoms with Crippen LogP contribution in [0.4, 0.5) is 5.69 Å². The molecule has 0 bridgehead atoms. The molecule has 0 fully saturated rings. The van der Waals surface area contributed by atoms with E-state index in [1.807, 2.05) is 73.6 Å². The summed E-state index contributed by atoms with van der Waals surface area (Å²) in [5.74, 6) is 0.381. The predicted molar refractivity (Wildman–Crippen MR) is 144 cm³/mol. The van der Waals surface area contributed by atoms with Gasteiger partial charge < -0.3 is 10.2 Å². The normalized spacial score (nSPS) is 13.2. The maximum Gasteiger partial charge on any atom is 0.263 e. The van der Waals surface area contributed by atoms with E-state index in [-0.39, 0.29) is 18.0 Å². The lowest BCUT2D eigenvalue weighted by Gasteiger charge is -2.17. The number of aromatic nitrogens is 2. The van der Waals surface area contributed by atoms with Crippen molar-refractivity contribution in [2.45, 2.75) is 48.6 Å². The van der Waals surface area contributed by atoms with Crippen molar-refractivity contribution >= 4 is 44.9 Å². The molecule has 4 aromatic rings. The Morgan fingerprint density at radius 2 is 1.83 bits per heavy atom. The van der Waals surface area contributed by atoms with E-state index >= 15 is 0 Å². The third-order valence-corrected chi connectivity index (χ3v) is 8.31. The van der Waals surface area contributed by atoms with Gasteiger partial charge >= 0.3 is 0 Å². The molecule has 0 aliphatic heterocycles. The Hall–Kier alpha value is -2.94. The monoisotopic (exact) mass is 504 g/mol. The summed E-state index contributed by atoms with van der Waals surface area (Å²) in [6, 6.07) is 17.8. The summed E-state index contributed by atoms with van der Waals surface area (Å²) in [6.45, 7) is 0.418. The Bertz CT molecular complexity index is 1430. The molecule has 0 unspecified atom stereocenters. The molecule has 2 aromatic heterocycles. The molecule has 1 aliphatic rings. The predicted octanol–water partition coefficient (Wildman–Crippen LogP) is 5.19. The van der Waals surface area contributed by atoms with E-state index in [1.165, 1.54) is 4.88 Å². The van der Waals surface area contributed by atoms with Crippen LogP contribution in [0.15, 0.2) is 69.2 Å². The highest BCUT2D eigenvalue weighted by Crippen LogP contribution is 2.35. The molecular formula is C27H28N4O2S2. The Kier molecular flexibility index (Phi) is 7.04. The van der Waals surface area contributed by atoms with Gasteiger partial charge in [0.05, 0.1) is 17.6 Å². The lowest BCUT2D eigenvalue weighted by atomic mass is 9.97. The molecule has 2 heterocycles. The van der Waals surface area contributed by atoms with Crippen molar-refractivity contribution in [3.05, 3.63) is 81.2 Å². The minimum absolute atomic E-state index is 0.0695. The fourth-order valence-electron chi connectivity index (χ4n) is 4.45. The van der Waals surface area contributed by atoms with Gasteiger partial charge in [0.1, 0.15) is 17.2 Å². The molecule has 1 amide bonds. The Morgan fingerprint density at radius 3 is 2.63 bits per heavy atom. The minimum atomic E-state index is -0.238. The van der Waals surface area contributed by atoms with Crippen molar-refractivity contribution in [1.82, 2.24) is 14.5 Å². The summed E-state index contributed by atoms with van der Waals surface area (Å²) in [4.78, 5) is 37.9. The third kappa shape index (κ3) is 5.19. The number of carbonyl (C=O) groups is 1. The van der Waals surface area contributed by atoms with Crippen LogP contribution in [0.25, 0.3) is 10.2 Å². The standard InChI is InChI=1S/C27H28N4O2S2/c1-30(2)16-23-29-26-25(19-12-6-8-14-21(19)35-26)27(33)31(23)17-24(32)28-20-13-7-9-15-22(20)34-18-10-4-3-5-11-18/h3-5,7,9-11,13,15H,6,8,12,14,16-17H2,1-2H3,(H,28,32). The summed E-state index contributed by atoms with van der Waals surface area (Å²) in [5.41, 5.74) is 1.77. The van der Waals surface area contributed by atoms with Crippen molar-refractivity contribution in [3.8, 4) is 0 Å². The van der Waals surface area contributed by atoms with E-state index in [0.717, 1.165) is 51.6 Å². The van der Waals surface area contributed by atoms with E-state index in [4.69, 9.17) is 4.98 Å². The number of amides is 1. The first-order valence-corrected chi connectivity index (χ1v) is 13.4. The lowest BCUT2D eigenvalue weighted by molar-refractivity contribution is -0.116. The molecule has 6 nitrogen and oxygen atoms in total. The molecule has 0 radical (unpaired) electrons. The maximum atomic E-state index is 13.7. The van der Waals surface area contributed by atoms with Gasteiger partial charge in [-0.3, -0.25) is 14.2 Å². The van der Waals surface area contributed by atoms with Crippen molar-refractivity contribution < 1.29 is 4.79 Å². The number of thiophene rings is 1. The number of carbonyl (C=O) groups excluding carboxylic acids is 1. The van der Waals surface area contributed by atoms with Gasteiger partial charge in [0, 0.05) is 14.7 Å². The number of fused-ring (bicyclic) bond motifs is 3. The number of nitrogens with zero attached hydrogens (tertiary/aromatic N) is 3. The summed E-state index contributed by atoms with van der Waals surface area (Å²) in [7, 11) is 3.88. The van der Waals surface area contributed by atoms with E-state index in [9.17, 15) is 9.59 Å². The van der Waals surface area contributed by atoms with Crippen molar-refractivity contribution in [1.29, 1.82) is 0 Å². The minimum Gasteiger partial charge on any atom is -0.323 e. The van der Waals surface area contributed by atoms with Gasteiger partial charge in [0.25, 0.3) is 5.56 Å². The van der Waals surface area contributed by atoms with Gasteiger partial charge in [-0.25, -0.2) is 4.98 Å². The molecule has 0 saturated heterocycles. The highest BCUT2D eigenvalue weighted by molar-refractivity contribution is 7.99.